The van der Waals surface area contributed by atoms with Gasteiger partial charge in [-0.15, -0.1) is 0 Å². The van der Waals surface area contributed by atoms with E-state index < -0.39 is 5.60 Å². The van der Waals surface area contributed by atoms with Gasteiger partial charge in [-0.25, -0.2) is 9.97 Å². The van der Waals surface area contributed by atoms with E-state index >= 15 is 0 Å². The summed E-state index contributed by atoms with van der Waals surface area (Å²) >= 11 is 0. The number of rotatable bonds is 2. The van der Waals surface area contributed by atoms with Crippen LogP contribution in [-0.4, -0.2) is 9.97 Å². The summed E-state index contributed by atoms with van der Waals surface area (Å²) in [5.41, 5.74) is 2.25. The van der Waals surface area contributed by atoms with Crippen LogP contribution in [0.5, 0.6) is 0 Å². The van der Waals surface area contributed by atoms with Crippen molar-refractivity contribution < 1.29 is 4.74 Å². The smallest absolute Gasteiger partial charge is 0.227 e. The summed E-state index contributed by atoms with van der Waals surface area (Å²) in [7, 11) is 0. The molecule has 0 radical (unpaired) electrons. The molecule has 4 nitrogen and oxygen atoms in total. The second-order valence-corrected chi connectivity index (χ2v) is 6.07. The zero-order valence-corrected chi connectivity index (χ0v) is 12.3. The molecular weight excluding hydrogens is 250 g/mol. The lowest BCUT2D eigenvalue weighted by Crippen LogP contribution is -2.22. The number of para-hydroxylation sites is 1. The third-order valence-corrected chi connectivity index (χ3v) is 3.55. The first-order valence-electron chi connectivity index (χ1n) is 6.79. The Morgan fingerprint density at radius 3 is 2.40 bits per heavy atom. The predicted octanol–water partition coefficient (Wildman–Crippen LogP) is 3.72. The van der Waals surface area contributed by atoms with Crippen LogP contribution in [0, 0.1) is 0 Å². The van der Waals surface area contributed by atoms with Crippen molar-refractivity contribution in [1.29, 1.82) is 0 Å². The minimum atomic E-state index is -0.394. The van der Waals surface area contributed by atoms with Gasteiger partial charge >= 0.3 is 0 Å². The van der Waals surface area contributed by atoms with Crippen molar-refractivity contribution in [2.24, 2.45) is 0 Å². The third kappa shape index (κ3) is 2.16. The van der Waals surface area contributed by atoms with E-state index in [1.165, 1.54) is 0 Å². The molecule has 1 aromatic carbocycles. The fraction of sp³-hybridized carbons (Fsp3) is 0.375. The quantitative estimate of drug-likeness (QED) is 0.902. The molecule has 1 aromatic heterocycles. The molecule has 20 heavy (non-hydrogen) atoms. The normalized spacial score (nSPS) is 18.6. The van der Waals surface area contributed by atoms with Crippen molar-refractivity contribution in [2.45, 2.75) is 38.9 Å². The standard InChI is InChI=1S/C16H19N3O/c1-15(2)12-10-17-14(18-11-8-6-5-7-9-11)19-13(12)16(3,4)20-15/h5-10H,1-4H3,(H,17,18,19). The number of hydrogen-bond donors (Lipinski definition) is 1. The average Bonchev–Trinajstić information content (AvgIpc) is 2.56. The summed E-state index contributed by atoms with van der Waals surface area (Å²) in [6.45, 7) is 8.18. The molecule has 0 saturated carbocycles. The SMILES string of the molecule is CC1(C)OC(C)(C)c2nc(Nc3ccccc3)ncc21. The highest BCUT2D eigenvalue weighted by Gasteiger charge is 2.44. The third-order valence-electron chi connectivity index (χ3n) is 3.55. The topological polar surface area (TPSA) is 47.0 Å². The number of nitrogens with zero attached hydrogens (tertiary/aromatic N) is 2. The summed E-state index contributed by atoms with van der Waals surface area (Å²) in [5, 5.41) is 3.22. The van der Waals surface area contributed by atoms with Gasteiger partial charge < -0.3 is 10.1 Å². The Morgan fingerprint density at radius 1 is 1.00 bits per heavy atom. The van der Waals surface area contributed by atoms with E-state index in [-0.39, 0.29) is 5.60 Å². The summed E-state index contributed by atoms with van der Waals surface area (Å²) in [6.07, 6.45) is 1.86. The van der Waals surface area contributed by atoms with Crippen LogP contribution in [0.3, 0.4) is 0 Å². The second kappa shape index (κ2) is 4.28. The number of hydrogen-bond acceptors (Lipinski definition) is 4. The number of fused-ring (bicyclic) bond motifs is 1. The van der Waals surface area contributed by atoms with Gasteiger partial charge in [0.25, 0.3) is 0 Å². The molecule has 0 atom stereocenters. The van der Waals surface area contributed by atoms with E-state index in [1.54, 1.807) is 0 Å². The van der Waals surface area contributed by atoms with Crippen molar-refractivity contribution in [3.8, 4) is 0 Å². The van der Waals surface area contributed by atoms with Crippen LogP contribution in [0.25, 0.3) is 0 Å². The Kier molecular flexibility index (Phi) is 2.80. The van der Waals surface area contributed by atoms with Crippen LogP contribution in [0.1, 0.15) is 39.0 Å². The van der Waals surface area contributed by atoms with Crippen molar-refractivity contribution in [1.82, 2.24) is 9.97 Å². The predicted molar refractivity (Wildman–Crippen MR) is 78.9 cm³/mol. The minimum absolute atomic E-state index is 0.343. The maximum Gasteiger partial charge on any atom is 0.227 e. The molecule has 4 heteroatoms. The highest BCUT2D eigenvalue weighted by molar-refractivity contribution is 5.53. The van der Waals surface area contributed by atoms with Crippen LogP contribution < -0.4 is 5.32 Å². The van der Waals surface area contributed by atoms with E-state index in [1.807, 2.05) is 64.2 Å². The van der Waals surface area contributed by atoms with Crippen LogP contribution >= 0.6 is 0 Å². The summed E-state index contributed by atoms with van der Waals surface area (Å²) in [5.74, 6) is 0.601. The van der Waals surface area contributed by atoms with Crippen molar-refractivity contribution in [3.63, 3.8) is 0 Å². The fourth-order valence-electron chi connectivity index (χ4n) is 2.73. The lowest BCUT2D eigenvalue weighted by atomic mass is 9.97. The molecule has 1 N–H and O–H groups in total. The maximum atomic E-state index is 6.08. The van der Waals surface area contributed by atoms with Gasteiger partial charge in [-0.1, -0.05) is 18.2 Å². The first kappa shape index (κ1) is 13.1. The molecule has 1 aliphatic heterocycles. The number of ether oxygens (including phenoxy) is 1. The fourth-order valence-corrected chi connectivity index (χ4v) is 2.73. The lowest BCUT2D eigenvalue weighted by molar-refractivity contribution is -0.106. The number of nitrogens with one attached hydrogen (secondary N) is 1. The number of aromatic nitrogens is 2. The Bertz CT molecular complexity index is 635. The highest BCUT2D eigenvalue weighted by atomic mass is 16.5. The number of benzene rings is 1. The van der Waals surface area contributed by atoms with E-state index in [4.69, 9.17) is 4.74 Å². The van der Waals surface area contributed by atoms with Gasteiger partial charge in [0.2, 0.25) is 5.95 Å². The molecule has 0 fully saturated rings. The Morgan fingerprint density at radius 2 is 1.70 bits per heavy atom. The highest BCUT2D eigenvalue weighted by Crippen LogP contribution is 2.45. The molecule has 0 bridgehead atoms. The number of anilines is 2. The lowest BCUT2D eigenvalue weighted by Gasteiger charge is -2.23. The van der Waals surface area contributed by atoms with Gasteiger partial charge in [-0.3, -0.25) is 0 Å². The Balaban J connectivity index is 1.98. The molecule has 0 spiro atoms. The molecule has 2 heterocycles. The van der Waals surface area contributed by atoms with Gasteiger partial charge in [-0.2, -0.15) is 0 Å². The summed E-state index contributed by atoms with van der Waals surface area (Å²) in [4.78, 5) is 9.05. The largest absolute Gasteiger partial charge is 0.359 e. The molecule has 0 aliphatic carbocycles. The van der Waals surface area contributed by atoms with Crippen LogP contribution in [0.2, 0.25) is 0 Å². The van der Waals surface area contributed by atoms with Crippen LogP contribution in [-0.2, 0) is 15.9 Å². The summed E-state index contributed by atoms with van der Waals surface area (Å²) < 4.78 is 6.08. The second-order valence-electron chi connectivity index (χ2n) is 6.07. The molecule has 0 saturated heterocycles. The average molecular weight is 269 g/mol. The van der Waals surface area contributed by atoms with Crippen molar-refractivity contribution in [2.75, 3.05) is 5.32 Å². The van der Waals surface area contributed by atoms with E-state index in [9.17, 15) is 0 Å². The van der Waals surface area contributed by atoms with E-state index in [0.29, 0.717) is 5.95 Å². The van der Waals surface area contributed by atoms with Gasteiger partial charge in [0, 0.05) is 17.4 Å². The van der Waals surface area contributed by atoms with Gasteiger partial charge in [0.05, 0.1) is 11.3 Å². The first-order chi connectivity index (χ1) is 9.38. The Hall–Kier alpha value is -1.94. The van der Waals surface area contributed by atoms with Gasteiger partial charge in [-0.05, 0) is 39.8 Å². The molecule has 0 amide bonds. The van der Waals surface area contributed by atoms with Crippen LogP contribution in [0.4, 0.5) is 11.6 Å². The van der Waals surface area contributed by atoms with Crippen molar-refractivity contribution >= 4 is 11.6 Å². The maximum absolute atomic E-state index is 6.08. The first-order valence-corrected chi connectivity index (χ1v) is 6.79. The van der Waals surface area contributed by atoms with Gasteiger partial charge in [0.15, 0.2) is 0 Å². The summed E-state index contributed by atoms with van der Waals surface area (Å²) in [6, 6.07) is 9.91. The molecule has 1 aliphatic rings. The van der Waals surface area contributed by atoms with E-state index in [2.05, 4.69) is 15.3 Å². The molecule has 104 valence electrons. The molecule has 2 aromatic rings. The zero-order valence-electron chi connectivity index (χ0n) is 12.3. The zero-order chi connectivity index (χ0) is 14.4. The van der Waals surface area contributed by atoms with Gasteiger partial charge in [0.1, 0.15) is 5.60 Å². The Labute approximate surface area is 119 Å². The van der Waals surface area contributed by atoms with E-state index in [0.717, 1.165) is 16.9 Å². The van der Waals surface area contributed by atoms with Crippen molar-refractivity contribution in [3.05, 3.63) is 47.8 Å². The molecular formula is C16H19N3O. The van der Waals surface area contributed by atoms with Crippen LogP contribution in [0.15, 0.2) is 36.5 Å². The molecule has 3 rings (SSSR count). The minimum Gasteiger partial charge on any atom is -0.359 e. The molecule has 0 unspecified atom stereocenters. The monoisotopic (exact) mass is 269 g/mol.